The lowest BCUT2D eigenvalue weighted by Gasteiger charge is -2.26. The summed E-state index contributed by atoms with van der Waals surface area (Å²) in [4.78, 5) is 0. The van der Waals surface area contributed by atoms with Gasteiger partial charge < -0.3 is 4.74 Å². The number of ether oxygens (including phenoxy) is 1. The van der Waals surface area contributed by atoms with Crippen LogP contribution < -0.4 is 0 Å². The Morgan fingerprint density at radius 1 is 1.58 bits per heavy atom. The molecule has 1 rings (SSSR count). The second-order valence-corrected chi connectivity index (χ2v) is 3.40. The number of rotatable bonds is 3. The molecule has 0 saturated heterocycles. The average Bonchev–Trinajstić information content (AvgIpc) is 2.05. The fourth-order valence-corrected chi connectivity index (χ4v) is 1.18. The Morgan fingerprint density at radius 2 is 2.33 bits per heavy atom. The Morgan fingerprint density at radius 3 is 2.92 bits per heavy atom. The molecule has 0 bridgehead atoms. The van der Waals surface area contributed by atoms with Crippen LogP contribution in [0.5, 0.6) is 0 Å². The van der Waals surface area contributed by atoms with Crippen molar-refractivity contribution in [2.24, 2.45) is 11.0 Å². The van der Waals surface area contributed by atoms with Gasteiger partial charge in [0.15, 0.2) is 0 Å². The highest BCUT2D eigenvalue weighted by Gasteiger charge is 2.14. The summed E-state index contributed by atoms with van der Waals surface area (Å²) >= 11 is 0. The molecule has 1 aliphatic heterocycles. The van der Waals surface area contributed by atoms with Crippen LogP contribution in [0.2, 0.25) is 0 Å². The molecule has 3 nitrogen and oxygen atoms in total. The van der Waals surface area contributed by atoms with Crippen molar-refractivity contribution in [2.45, 2.75) is 27.2 Å². The van der Waals surface area contributed by atoms with E-state index in [1.807, 2.05) is 0 Å². The van der Waals surface area contributed by atoms with Gasteiger partial charge in [0.25, 0.3) is 0 Å². The minimum atomic E-state index is 0.407. The SMILES string of the molecule is CCCN1CCOC(C(C)C)=N1. The van der Waals surface area contributed by atoms with Crippen molar-refractivity contribution < 1.29 is 4.74 Å². The van der Waals surface area contributed by atoms with Gasteiger partial charge in [0.2, 0.25) is 5.90 Å². The normalized spacial score (nSPS) is 17.7. The number of hydrazone groups is 1. The summed E-state index contributed by atoms with van der Waals surface area (Å²) in [5.41, 5.74) is 0. The first-order valence-electron chi connectivity index (χ1n) is 4.70. The van der Waals surface area contributed by atoms with Gasteiger partial charge in [-0.1, -0.05) is 20.8 Å². The van der Waals surface area contributed by atoms with Crippen LogP contribution in [0.15, 0.2) is 5.10 Å². The zero-order chi connectivity index (χ0) is 8.97. The summed E-state index contributed by atoms with van der Waals surface area (Å²) in [5, 5.41) is 6.49. The molecule has 0 radical (unpaired) electrons. The molecule has 0 fully saturated rings. The lowest BCUT2D eigenvalue weighted by Crippen LogP contribution is -2.33. The first-order valence-corrected chi connectivity index (χ1v) is 4.70. The Kier molecular flexibility index (Phi) is 3.38. The van der Waals surface area contributed by atoms with Crippen LogP contribution in [-0.2, 0) is 4.74 Å². The van der Waals surface area contributed by atoms with Gasteiger partial charge in [-0.15, -0.1) is 5.10 Å². The lowest BCUT2D eigenvalue weighted by atomic mass is 10.2. The average molecular weight is 170 g/mol. The largest absolute Gasteiger partial charge is 0.478 e. The Labute approximate surface area is 74.4 Å². The van der Waals surface area contributed by atoms with Crippen molar-refractivity contribution in [2.75, 3.05) is 19.7 Å². The van der Waals surface area contributed by atoms with E-state index in [1.54, 1.807) is 0 Å². The third-order valence-corrected chi connectivity index (χ3v) is 1.81. The summed E-state index contributed by atoms with van der Waals surface area (Å²) in [6.07, 6.45) is 1.15. The topological polar surface area (TPSA) is 24.8 Å². The van der Waals surface area contributed by atoms with E-state index in [2.05, 4.69) is 30.9 Å². The highest BCUT2D eigenvalue weighted by Crippen LogP contribution is 2.07. The molecule has 3 heteroatoms. The molecule has 0 aliphatic carbocycles. The number of hydrogen-bond donors (Lipinski definition) is 0. The predicted molar refractivity (Wildman–Crippen MR) is 50.1 cm³/mol. The standard InChI is InChI=1S/C9H18N2O/c1-4-5-11-6-7-12-9(10-11)8(2)3/h8H,4-7H2,1-3H3. The van der Waals surface area contributed by atoms with Crippen molar-refractivity contribution in [3.05, 3.63) is 0 Å². The third kappa shape index (κ3) is 2.40. The van der Waals surface area contributed by atoms with Gasteiger partial charge in [0.1, 0.15) is 6.61 Å². The maximum atomic E-state index is 5.42. The second-order valence-electron chi connectivity index (χ2n) is 3.40. The molecular weight excluding hydrogens is 152 g/mol. The molecule has 12 heavy (non-hydrogen) atoms. The van der Waals surface area contributed by atoms with Crippen LogP contribution in [0, 0.1) is 5.92 Å². The smallest absolute Gasteiger partial charge is 0.208 e. The van der Waals surface area contributed by atoms with Gasteiger partial charge in [-0.3, -0.25) is 5.01 Å². The first kappa shape index (κ1) is 9.36. The van der Waals surface area contributed by atoms with E-state index in [9.17, 15) is 0 Å². The maximum Gasteiger partial charge on any atom is 0.208 e. The fraction of sp³-hybridized carbons (Fsp3) is 0.889. The molecule has 0 unspecified atom stereocenters. The molecular formula is C9H18N2O. The molecule has 0 aromatic carbocycles. The predicted octanol–water partition coefficient (Wildman–Crippen LogP) is 1.70. The van der Waals surface area contributed by atoms with Gasteiger partial charge in [-0.2, -0.15) is 0 Å². The van der Waals surface area contributed by atoms with Crippen LogP contribution >= 0.6 is 0 Å². The van der Waals surface area contributed by atoms with Crippen molar-refractivity contribution in [1.82, 2.24) is 5.01 Å². The van der Waals surface area contributed by atoms with E-state index in [1.165, 1.54) is 0 Å². The van der Waals surface area contributed by atoms with Crippen molar-refractivity contribution in [1.29, 1.82) is 0 Å². The first-order chi connectivity index (χ1) is 5.74. The minimum absolute atomic E-state index is 0.407. The molecule has 0 aromatic rings. The van der Waals surface area contributed by atoms with Gasteiger partial charge in [0, 0.05) is 12.5 Å². The molecule has 70 valence electrons. The minimum Gasteiger partial charge on any atom is -0.478 e. The molecule has 0 atom stereocenters. The quantitative estimate of drug-likeness (QED) is 0.644. The highest BCUT2D eigenvalue weighted by molar-refractivity contribution is 5.78. The van der Waals surface area contributed by atoms with Crippen molar-refractivity contribution in [3.63, 3.8) is 0 Å². The molecule has 0 N–H and O–H groups in total. The summed E-state index contributed by atoms with van der Waals surface area (Å²) in [6, 6.07) is 0. The monoisotopic (exact) mass is 170 g/mol. The molecule has 0 spiro atoms. The maximum absolute atomic E-state index is 5.42. The highest BCUT2D eigenvalue weighted by atomic mass is 16.5. The molecule has 0 aromatic heterocycles. The van der Waals surface area contributed by atoms with Gasteiger partial charge in [-0.05, 0) is 6.42 Å². The van der Waals surface area contributed by atoms with Crippen molar-refractivity contribution >= 4 is 5.90 Å². The Hall–Kier alpha value is -0.730. The molecule has 0 saturated carbocycles. The Bertz CT molecular complexity index is 166. The molecule has 1 aliphatic rings. The van der Waals surface area contributed by atoms with E-state index < -0.39 is 0 Å². The van der Waals surface area contributed by atoms with Gasteiger partial charge in [0.05, 0.1) is 6.54 Å². The van der Waals surface area contributed by atoms with Gasteiger partial charge >= 0.3 is 0 Å². The van der Waals surface area contributed by atoms with E-state index in [-0.39, 0.29) is 0 Å². The molecule has 0 amide bonds. The zero-order valence-electron chi connectivity index (χ0n) is 8.21. The summed E-state index contributed by atoms with van der Waals surface area (Å²) in [6.45, 7) is 9.14. The van der Waals surface area contributed by atoms with Crippen LogP contribution in [0.1, 0.15) is 27.2 Å². The number of hydrogen-bond acceptors (Lipinski definition) is 3. The van der Waals surface area contributed by atoms with E-state index in [0.29, 0.717) is 5.92 Å². The summed E-state index contributed by atoms with van der Waals surface area (Å²) < 4.78 is 5.42. The molecule has 1 heterocycles. The Balaban J connectivity index is 2.51. The van der Waals surface area contributed by atoms with Crippen LogP contribution in [0.25, 0.3) is 0 Å². The van der Waals surface area contributed by atoms with E-state index in [0.717, 1.165) is 32.0 Å². The fourth-order valence-electron chi connectivity index (χ4n) is 1.18. The van der Waals surface area contributed by atoms with Crippen LogP contribution in [0.3, 0.4) is 0 Å². The van der Waals surface area contributed by atoms with E-state index >= 15 is 0 Å². The number of nitrogens with zero attached hydrogens (tertiary/aromatic N) is 2. The second kappa shape index (κ2) is 4.33. The summed E-state index contributed by atoms with van der Waals surface area (Å²) in [7, 11) is 0. The van der Waals surface area contributed by atoms with Crippen LogP contribution in [-0.4, -0.2) is 30.6 Å². The third-order valence-electron chi connectivity index (χ3n) is 1.81. The van der Waals surface area contributed by atoms with Crippen LogP contribution in [0.4, 0.5) is 0 Å². The lowest BCUT2D eigenvalue weighted by molar-refractivity contribution is 0.156. The van der Waals surface area contributed by atoms with Crippen molar-refractivity contribution in [3.8, 4) is 0 Å². The van der Waals surface area contributed by atoms with Gasteiger partial charge in [-0.25, -0.2) is 0 Å². The zero-order valence-corrected chi connectivity index (χ0v) is 8.21. The van der Waals surface area contributed by atoms with E-state index in [4.69, 9.17) is 4.74 Å². The summed E-state index contributed by atoms with van der Waals surface area (Å²) in [5.74, 6) is 1.29.